The molecule has 0 aliphatic rings. The predicted molar refractivity (Wildman–Crippen MR) is 71.4 cm³/mol. The lowest BCUT2D eigenvalue weighted by atomic mass is 9.90. The Hall–Kier alpha value is -2.51. The molecule has 0 atom stereocenters. The summed E-state index contributed by atoms with van der Waals surface area (Å²) in [5.41, 5.74) is -1.79. The van der Waals surface area contributed by atoms with E-state index in [0.29, 0.717) is 6.07 Å². The fourth-order valence-corrected chi connectivity index (χ4v) is 1.49. The van der Waals surface area contributed by atoms with E-state index in [4.69, 9.17) is 5.11 Å². The Morgan fingerprint density at radius 3 is 2.52 bits per heavy atom. The quantitative estimate of drug-likeness (QED) is 0.616. The van der Waals surface area contributed by atoms with E-state index in [-0.39, 0.29) is 18.5 Å². The Morgan fingerprint density at radius 1 is 1.43 bits per heavy atom. The number of nitrogens with zero attached hydrogens (tertiary/aromatic N) is 1. The summed E-state index contributed by atoms with van der Waals surface area (Å²) < 4.78 is 13.6. The van der Waals surface area contributed by atoms with Crippen molar-refractivity contribution in [3.8, 4) is 0 Å². The van der Waals surface area contributed by atoms with Gasteiger partial charge in [-0.1, -0.05) is 0 Å². The zero-order valence-corrected chi connectivity index (χ0v) is 11.6. The number of benzene rings is 1. The van der Waals surface area contributed by atoms with Gasteiger partial charge < -0.3 is 10.4 Å². The van der Waals surface area contributed by atoms with Gasteiger partial charge in [0.15, 0.2) is 0 Å². The molecule has 0 fully saturated rings. The first kappa shape index (κ1) is 16.5. The largest absolute Gasteiger partial charge is 0.481 e. The minimum absolute atomic E-state index is 0.0502. The van der Waals surface area contributed by atoms with Crippen molar-refractivity contribution in [2.24, 2.45) is 5.41 Å². The molecule has 0 aliphatic carbocycles. The average Bonchev–Trinajstić information content (AvgIpc) is 2.37. The van der Waals surface area contributed by atoms with Crippen LogP contribution in [0.3, 0.4) is 0 Å². The maximum atomic E-state index is 13.6. The van der Waals surface area contributed by atoms with Gasteiger partial charge in [-0.2, -0.15) is 0 Å². The lowest BCUT2D eigenvalue weighted by Crippen LogP contribution is -2.32. The van der Waals surface area contributed by atoms with Crippen LogP contribution in [0.5, 0.6) is 0 Å². The minimum atomic E-state index is -1.01. The monoisotopic (exact) mass is 298 g/mol. The Balaban J connectivity index is 2.69. The highest BCUT2D eigenvalue weighted by Gasteiger charge is 2.26. The third-order valence-corrected chi connectivity index (χ3v) is 3.02. The first-order valence-corrected chi connectivity index (χ1v) is 6.10. The van der Waals surface area contributed by atoms with E-state index in [2.05, 4.69) is 5.32 Å². The van der Waals surface area contributed by atoms with Gasteiger partial charge in [0.1, 0.15) is 5.82 Å². The second kappa shape index (κ2) is 6.29. The van der Waals surface area contributed by atoms with Crippen molar-refractivity contribution in [3.05, 3.63) is 39.7 Å². The molecular formula is C13H15FN2O5. The number of nitro benzene ring substituents is 1. The second-order valence-electron chi connectivity index (χ2n) is 5.12. The summed E-state index contributed by atoms with van der Waals surface area (Å²) in [6.45, 7) is 3.07. The number of carboxylic acid groups (broad SMARTS) is 1. The molecule has 7 nitrogen and oxygen atoms in total. The van der Waals surface area contributed by atoms with Crippen molar-refractivity contribution in [1.29, 1.82) is 0 Å². The van der Waals surface area contributed by atoms with E-state index in [1.807, 2.05) is 0 Å². The number of halogens is 1. The van der Waals surface area contributed by atoms with Gasteiger partial charge in [-0.25, -0.2) is 4.39 Å². The highest BCUT2D eigenvalue weighted by atomic mass is 19.1. The maximum absolute atomic E-state index is 13.6. The van der Waals surface area contributed by atoms with Crippen LogP contribution in [0.25, 0.3) is 0 Å². The van der Waals surface area contributed by atoms with E-state index in [1.165, 1.54) is 13.8 Å². The molecule has 1 aromatic carbocycles. The summed E-state index contributed by atoms with van der Waals surface area (Å²) in [6.07, 6.45) is 0.169. The number of carboxylic acids is 1. The van der Waals surface area contributed by atoms with Gasteiger partial charge in [0.05, 0.1) is 22.0 Å². The number of nitro groups is 1. The van der Waals surface area contributed by atoms with Gasteiger partial charge in [-0.05, 0) is 26.3 Å². The third-order valence-electron chi connectivity index (χ3n) is 3.02. The van der Waals surface area contributed by atoms with Gasteiger partial charge in [0.2, 0.25) is 0 Å². The zero-order valence-electron chi connectivity index (χ0n) is 11.6. The molecule has 1 rings (SSSR count). The summed E-state index contributed by atoms with van der Waals surface area (Å²) >= 11 is 0. The molecular weight excluding hydrogens is 283 g/mol. The molecule has 0 saturated heterocycles. The summed E-state index contributed by atoms with van der Waals surface area (Å²) in [4.78, 5) is 32.3. The van der Waals surface area contributed by atoms with E-state index < -0.39 is 33.7 Å². The predicted octanol–water partition coefficient (Wildman–Crippen LogP) is 1.96. The summed E-state index contributed by atoms with van der Waals surface area (Å²) in [5.74, 6) is -2.75. The van der Waals surface area contributed by atoms with Gasteiger partial charge in [0, 0.05) is 12.6 Å². The van der Waals surface area contributed by atoms with Crippen molar-refractivity contribution in [3.63, 3.8) is 0 Å². The number of nitrogens with one attached hydrogen (secondary N) is 1. The van der Waals surface area contributed by atoms with Crippen molar-refractivity contribution in [2.45, 2.75) is 20.3 Å². The molecule has 0 unspecified atom stereocenters. The fourth-order valence-electron chi connectivity index (χ4n) is 1.49. The highest BCUT2D eigenvalue weighted by Crippen LogP contribution is 2.20. The number of rotatable bonds is 6. The number of hydrogen-bond acceptors (Lipinski definition) is 4. The third kappa shape index (κ3) is 4.23. The molecule has 0 saturated carbocycles. The molecule has 114 valence electrons. The first-order chi connectivity index (χ1) is 9.65. The number of carbonyl (C=O) groups is 2. The standard InChI is InChI=1S/C13H15FN2O5/c1-13(2,12(18)19)5-6-15-11(17)9-4-3-8(16(20)21)7-10(9)14/h3-4,7H,5-6H2,1-2H3,(H,15,17)(H,18,19). The van der Waals surface area contributed by atoms with E-state index in [1.54, 1.807) is 0 Å². The van der Waals surface area contributed by atoms with Crippen molar-refractivity contribution < 1.29 is 24.0 Å². The summed E-state index contributed by atoms with van der Waals surface area (Å²) in [5, 5.41) is 21.8. The van der Waals surface area contributed by atoms with Crippen LogP contribution < -0.4 is 5.32 Å². The number of hydrogen-bond donors (Lipinski definition) is 2. The number of non-ortho nitro benzene ring substituents is 1. The van der Waals surface area contributed by atoms with Gasteiger partial charge in [-0.15, -0.1) is 0 Å². The summed E-state index contributed by atoms with van der Waals surface area (Å²) in [6, 6.07) is 2.71. The van der Waals surface area contributed by atoms with E-state index in [9.17, 15) is 24.1 Å². The molecule has 0 bridgehead atoms. The van der Waals surface area contributed by atoms with Crippen LogP contribution in [0.2, 0.25) is 0 Å². The fraction of sp³-hybridized carbons (Fsp3) is 0.385. The topological polar surface area (TPSA) is 110 Å². The molecule has 0 aliphatic heterocycles. The molecule has 1 aromatic rings. The maximum Gasteiger partial charge on any atom is 0.309 e. The van der Waals surface area contributed by atoms with Gasteiger partial charge >= 0.3 is 5.97 Å². The molecule has 0 heterocycles. The van der Waals surface area contributed by atoms with Crippen molar-refractivity contribution >= 4 is 17.6 Å². The SMILES string of the molecule is CC(C)(CCNC(=O)c1ccc([N+](=O)[O-])cc1F)C(=O)O. The molecule has 2 N–H and O–H groups in total. The number of amides is 1. The highest BCUT2D eigenvalue weighted by molar-refractivity contribution is 5.94. The Bertz CT molecular complexity index is 586. The van der Waals surface area contributed by atoms with Crippen molar-refractivity contribution in [2.75, 3.05) is 6.54 Å². The molecule has 1 amide bonds. The lowest BCUT2D eigenvalue weighted by molar-refractivity contribution is -0.385. The van der Waals surface area contributed by atoms with Gasteiger partial charge in [0.25, 0.3) is 11.6 Å². The normalized spacial score (nSPS) is 11.0. The molecule has 0 radical (unpaired) electrons. The van der Waals surface area contributed by atoms with Crippen LogP contribution in [0.1, 0.15) is 30.6 Å². The minimum Gasteiger partial charge on any atom is -0.481 e. The molecule has 8 heteroatoms. The van der Waals surface area contributed by atoms with E-state index in [0.717, 1.165) is 12.1 Å². The Kier molecular flexibility index (Phi) is 4.96. The smallest absolute Gasteiger partial charge is 0.309 e. The zero-order chi connectivity index (χ0) is 16.2. The lowest BCUT2D eigenvalue weighted by Gasteiger charge is -2.18. The average molecular weight is 298 g/mol. The van der Waals surface area contributed by atoms with Crippen molar-refractivity contribution in [1.82, 2.24) is 5.32 Å². The van der Waals surface area contributed by atoms with Gasteiger partial charge in [-0.3, -0.25) is 19.7 Å². The second-order valence-corrected chi connectivity index (χ2v) is 5.12. The first-order valence-electron chi connectivity index (χ1n) is 6.10. The van der Waals surface area contributed by atoms with Crippen LogP contribution in [0, 0.1) is 21.3 Å². The van der Waals surface area contributed by atoms with Crippen LogP contribution in [0.4, 0.5) is 10.1 Å². The molecule has 0 spiro atoms. The van der Waals surface area contributed by atoms with Crippen LogP contribution in [-0.4, -0.2) is 28.5 Å². The molecule has 0 aromatic heterocycles. The van der Waals surface area contributed by atoms with Crippen LogP contribution in [0.15, 0.2) is 18.2 Å². The van der Waals surface area contributed by atoms with Crippen LogP contribution in [-0.2, 0) is 4.79 Å². The van der Waals surface area contributed by atoms with E-state index >= 15 is 0 Å². The Labute approximate surface area is 119 Å². The number of aliphatic carboxylic acids is 1. The Morgan fingerprint density at radius 2 is 2.05 bits per heavy atom. The molecule has 21 heavy (non-hydrogen) atoms. The van der Waals surface area contributed by atoms with Crippen LogP contribution >= 0.6 is 0 Å². The number of carbonyl (C=O) groups excluding carboxylic acids is 1. The summed E-state index contributed by atoms with van der Waals surface area (Å²) in [7, 11) is 0.